The van der Waals surface area contributed by atoms with Crippen molar-refractivity contribution in [3.8, 4) is 0 Å². The topological polar surface area (TPSA) is 0 Å². The Hall–Kier alpha value is 1.44. The van der Waals surface area contributed by atoms with E-state index in [4.69, 9.17) is 0 Å². The van der Waals surface area contributed by atoms with E-state index in [1.54, 1.807) is 0 Å². The lowest BCUT2D eigenvalue weighted by Gasteiger charge is -2.25. The molecule has 74 valence electrons. The van der Waals surface area contributed by atoms with Crippen molar-refractivity contribution in [2.45, 2.75) is 43.4 Å². The zero-order valence-corrected chi connectivity index (χ0v) is 12.3. The molecule has 0 bridgehead atoms. The van der Waals surface area contributed by atoms with Gasteiger partial charge in [-0.15, -0.1) is 0 Å². The molecule has 0 aromatic rings. The summed E-state index contributed by atoms with van der Waals surface area (Å²) in [4.78, 5) is 0. The molecule has 0 spiro atoms. The van der Waals surface area contributed by atoms with Crippen LogP contribution in [-0.4, -0.2) is 15.0 Å². The van der Waals surface area contributed by atoms with Crippen molar-refractivity contribution in [2.24, 2.45) is 0 Å². The van der Waals surface area contributed by atoms with E-state index in [-0.39, 0.29) is 0 Å². The molecule has 0 unspecified atom stereocenters. The lowest BCUT2D eigenvalue weighted by Crippen LogP contribution is -2.19. The molecule has 0 aliphatic heterocycles. The molecule has 0 amide bonds. The van der Waals surface area contributed by atoms with Gasteiger partial charge < -0.3 is 0 Å². The first-order chi connectivity index (χ1) is 5.68. The highest BCUT2D eigenvalue weighted by molar-refractivity contribution is 9.10. The lowest BCUT2D eigenvalue weighted by molar-refractivity contribution is 0.491. The number of halogens is 3. The monoisotopic (exact) mass is 362 g/mol. The van der Waals surface area contributed by atoms with E-state index in [9.17, 15) is 0 Å². The molecule has 0 fully saturated rings. The predicted octanol–water partition coefficient (Wildman–Crippen LogP) is 4.88. The Bertz CT molecular complexity index is 95.9. The molecule has 0 radical (unpaired) electrons. The Morgan fingerprint density at radius 1 is 1.00 bits per heavy atom. The van der Waals surface area contributed by atoms with E-state index >= 15 is 0 Å². The number of alkyl halides is 3. The highest BCUT2D eigenvalue weighted by Gasteiger charge is 2.22. The summed E-state index contributed by atoms with van der Waals surface area (Å²) < 4.78 is 0.397. The molecule has 0 atom stereocenters. The van der Waals surface area contributed by atoms with Crippen molar-refractivity contribution in [1.82, 2.24) is 0 Å². The first kappa shape index (κ1) is 13.4. The van der Waals surface area contributed by atoms with Crippen LogP contribution in [0.5, 0.6) is 0 Å². The normalized spacial score (nSPS) is 12.0. The molecular weight excluding hydrogens is 348 g/mol. The van der Waals surface area contributed by atoms with Crippen LogP contribution in [0.1, 0.15) is 39.0 Å². The van der Waals surface area contributed by atoms with Crippen molar-refractivity contribution in [3.05, 3.63) is 0 Å². The lowest BCUT2D eigenvalue weighted by atomic mass is 9.95. The van der Waals surface area contributed by atoms with Crippen LogP contribution < -0.4 is 0 Å². The van der Waals surface area contributed by atoms with Crippen LogP contribution in [0, 0.1) is 0 Å². The molecular formula is C9H17Br3. The second-order valence-corrected chi connectivity index (χ2v) is 6.36. The average molecular weight is 365 g/mol. The fraction of sp³-hybridized carbons (Fsp3) is 1.00. The van der Waals surface area contributed by atoms with Crippen molar-refractivity contribution in [1.29, 1.82) is 0 Å². The zero-order chi connectivity index (χ0) is 9.45. The molecule has 0 N–H and O–H groups in total. The molecule has 0 saturated carbocycles. The highest BCUT2D eigenvalue weighted by Crippen LogP contribution is 2.33. The molecule has 12 heavy (non-hydrogen) atoms. The van der Waals surface area contributed by atoms with Gasteiger partial charge in [0, 0.05) is 15.0 Å². The van der Waals surface area contributed by atoms with Crippen LogP contribution in [0.2, 0.25) is 0 Å². The van der Waals surface area contributed by atoms with Crippen LogP contribution in [0.4, 0.5) is 0 Å². The maximum atomic E-state index is 3.84. The minimum atomic E-state index is 0.397. The Labute approximate surface area is 101 Å². The summed E-state index contributed by atoms with van der Waals surface area (Å²) in [6.45, 7) is 2.26. The molecule has 0 aliphatic carbocycles. The fourth-order valence-electron chi connectivity index (χ4n) is 1.25. The largest absolute Gasteiger partial charge is 0.0928 e. The van der Waals surface area contributed by atoms with Gasteiger partial charge in [0.05, 0.1) is 0 Å². The van der Waals surface area contributed by atoms with Gasteiger partial charge in [-0.2, -0.15) is 0 Å². The van der Waals surface area contributed by atoms with Crippen molar-refractivity contribution >= 4 is 47.8 Å². The van der Waals surface area contributed by atoms with Crippen LogP contribution in [0.3, 0.4) is 0 Å². The molecule has 0 nitrogen and oxygen atoms in total. The van der Waals surface area contributed by atoms with Gasteiger partial charge in [0.25, 0.3) is 0 Å². The SMILES string of the molecule is CCC(Br)(CCCBr)CCCBr. The molecule has 3 heteroatoms. The quantitative estimate of drug-likeness (QED) is 0.565. The standard InChI is InChI=1S/C9H17Br3/c1-2-9(12,5-3-7-10)6-4-8-11/h2-8H2,1H3. The Kier molecular flexibility index (Phi) is 8.74. The van der Waals surface area contributed by atoms with E-state index < -0.39 is 0 Å². The van der Waals surface area contributed by atoms with E-state index in [1.165, 1.54) is 32.1 Å². The van der Waals surface area contributed by atoms with Crippen molar-refractivity contribution < 1.29 is 0 Å². The Balaban J connectivity index is 3.70. The van der Waals surface area contributed by atoms with Gasteiger partial charge in [0.2, 0.25) is 0 Å². The van der Waals surface area contributed by atoms with E-state index in [1.807, 2.05) is 0 Å². The highest BCUT2D eigenvalue weighted by atomic mass is 79.9. The second kappa shape index (κ2) is 7.81. The molecule has 0 aromatic heterocycles. The summed E-state index contributed by atoms with van der Waals surface area (Å²) in [6.07, 6.45) is 6.32. The van der Waals surface area contributed by atoms with Crippen molar-refractivity contribution in [3.63, 3.8) is 0 Å². The smallest absolute Gasteiger partial charge is 0.0256 e. The van der Waals surface area contributed by atoms with E-state index in [2.05, 4.69) is 54.7 Å². The first-order valence-corrected chi connectivity index (χ1v) is 7.53. The van der Waals surface area contributed by atoms with Crippen molar-refractivity contribution in [2.75, 3.05) is 10.7 Å². The molecule has 0 aliphatic rings. The minimum Gasteiger partial charge on any atom is -0.0928 e. The molecule has 0 saturated heterocycles. The van der Waals surface area contributed by atoms with Gasteiger partial charge in [-0.25, -0.2) is 0 Å². The van der Waals surface area contributed by atoms with Gasteiger partial charge in [0.1, 0.15) is 0 Å². The third-order valence-corrected chi connectivity index (χ3v) is 4.63. The van der Waals surface area contributed by atoms with E-state index in [0.29, 0.717) is 4.32 Å². The molecule has 0 aromatic carbocycles. The maximum Gasteiger partial charge on any atom is 0.0256 e. The summed E-state index contributed by atoms with van der Waals surface area (Å²) in [7, 11) is 0. The maximum absolute atomic E-state index is 3.84. The van der Waals surface area contributed by atoms with Gasteiger partial charge in [0.15, 0.2) is 0 Å². The predicted molar refractivity (Wildman–Crippen MR) is 68.0 cm³/mol. The van der Waals surface area contributed by atoms with Crippen LogP contribution >= 0.6 is 47.8 Å². The Morgan fingerprint density at radius 2 is 1.42 bits per heavy atom. The first-order valence-electron chi connectivity index (χ1n) is 4.49. The summed E-state index contributed by atoms with van der Waals surface area (Å²) >= 11 is 10.8. The van der Waals surface area contributed by atoms with E-state index in [0.717, 1.165) is 10.7 Å². The summed E-state index contributed by atoms with van der Waals surface area (Å²) in [5.41, 5.74) is 0. The Morgan fingerprint density at radius 3 is 1.67 bits per heavy atom. The number of hydrogen-bond acceptors (Lipinski definition) is 0. The van der Waals surface area contributed by atoms with Gasteiger partial charge in [-0.1, -0.05) is 54.7 Å². The van der Waals surface area contributed by atoms with Gasteiger partial charge >= 0.3 is 0 Å². The minimum absolute atomic E-state index is 0.397. The third-order valence-electron chi connectivity index (χ3n) is 2.15. The van der Waals surface area contributed by atoms with Crippen LogP contribution in [0.25, 0.3) is 0 Å². The number of rotatable bonds is 7. The fourth-order valence-corrected chi connectivity index (χ4v) is 2.37. The van der Waals surface area contributed by atoms with Gasteiger partial charge in [-0.05, 0) is 32.1 Å². The average Bonchev–Trinajstić information content (AvgIpc) is 2.11. The second-order valence-electron chi connectivity index (χ2n) is 3.09. The summed E-state index contributed by atoms with van der Waals surface area (Å²) in [5, 5.41) is 2.24. The third kappa shape index (κ3) is 5.98. The summed E-state index contributed by atoms with van der Waals surface area (Å²) in [6, 6.07) is 0. The molecule has 0 rings (SSSR count). The van der Waals surface area contributed by atoms with Crippen LogP contribution in [-0.2, 0) is 0 Å². The van der Waals surface area contributed by atoms with Crippen LogP contribution in [0.15, 0.2) is 0 Å². The molecule has 0 heterocycles. The summed E-state index contributed by atoms with van der Waals surface area (Å²) in [5.74, 6) is 0. The van der Waals surface area contributed by atoms with Gasteiger partial charge in [-0.3, -0.25) is 0 Å². The zero-order valence-electron chi connectivity index (χ0n) is 7.58. The number of hydrogen-bond donors (Lipinski definition) is 0.